The van der Waals surface area contributed by atoms with E-state index in [1.165, 1.54) is 17.9 Å². The minimum atomic E-state index is -3.22. The zero-order chi connectivity index (χ0) is 32.3. The maximum Gasteiger partial charge on any atom is 0.388 e. The Hall–Kier alpha value is -5.02. The molecule has 2 aromatic heterocycles. The molecular weight excluding hydrogens is 620 g/mol. The topological polar surface area (TPSA) is 101 Å². The second-order valence-electron chi connectivity index (χ2n) is 11.2. The van der Waals surface area contributed by atoms with Gasteiger partial charge in [0.05, 0.1) is 29.4 Å². The van der Waals surface area contributed by atoms with Gasteiger partial charge in [-0.2, -0.15) is 13.9 Å². The molecule has 1 saturated carbocycles. The molecule has 0 unspecified atom stereocenters. The number of nitrogens with zero attached hydrogens (tertiary/aromatic N) is 6. The third-order valence-electron chi connectivity index (χ3n) is 7.91. The molecule has 4 aliphatic rings. The van der Waals surface area contributed by atoms with Crippen LogP contribution in [0, 0.1) is 5.92 Å². The molecule has 242 valence electrons. The van der Waals surface area contributed by atoms with E-state index in [1.54, 1.807) is 22.9 Å². The highest BCUT2D eigenvalue weighted by atomic mass is 19.3. The van der Waals surface area contributed by atoms with Gasteiger partial charge < -0.3 is 19.4 Å². The number of aromatic nitrogens is 6. The number of aryl methyl sites for hydroxylation is 1. The quantitative estimate of drug-likeness (QED) is 0.209. The van der Waals surface area contributed by atoms with Crippen LogP contribution >= 0.6 is 0 Å². The molecule has 1 aromatic carbocycles. The first-order chi connectivity index (χ1) is 22.0. The average Bonchev–Trinajstić information content (AvgIpc) is 3.30. The molecule has 3 aliphatic heterocycles. The number of halogens is 6. The zero-order valence-corrected chi connectivity index (χ0v) is 24.0. The largest absolute Gasteiger partial charge is 0.475 e. The van der Waals surface area contributed by atoms with Gasteiger partial charge in [-0.1, -0.05) is 30.3 Å². The number of carbonyl (C=O) groups excluding carboxylic acids is 1. The van der Waals surface area contributed by atoms with Crippen LogP contribution in [-0.2, 0) is 24.9 Å². The first-order valence-electron chi connectivity index (χ1n) is 14.2. The Morgan fingerprint density at radius 1 is 1.11 bits per heavy atom. The lowest BCUT2D eigenvalue weighted by molar-refractivity contribution is -0.125. The smallest absolute Gasteiger partial charge is 0.388 e. The summed E-state index contributed by atoms with van der Waals surface area (Å²) in [5.74, 6) is -5.57. The molecular formula is C30H27F6N7O3. The Kier molecular flexibility index (Phi) is 7.16. The molecule has 0 spiro atoms. The molecule has 5 heterocycles. The van der Waals surface area contributed by atoms with Crippen LogP contribution in [-0.4, -0.2) is 60.2 Å². The molecule has 1 N–H and O–H groups in total. The number of rotatable bonds is 9. The summed E-state index contributed by atoms with van der Waals surface area (Å²) >= 11 is 0. The van der Waals surface area contributed by atoms with Crippen molar-refractivity contribution in [1.29, 1.82) is 0 Å². The predicted octanol–water partition coefficient (Wildman–Crippen LogP) is 5.62. The number of pyridine rings is 1. The Balaban J connectivity index is 0.00000386. The third kappa shape index (κ3) is 5.30. The maximum atomic E-state index is 14.7. The Morgan fingerprint density at radius 3 is 2.57 bits per heavy atom. The van der Waals surface area contributed by atoms with Gasteiger partial charge in [-0.15, -0.1) is 5.10 Å². The average molecular weight is 648 g/mol. The van der Waals surface area contributed by atoms with E-state index in [0.717, 1.165) is 10.2 Å². The van der Waals surface area contributed by atoms with E-state index in [4.69, 9.17) is 14.5 Å². The van der Waals surface area contributed by atoms with Crippen LogP contribution in [0.5, 0.6) is 11.8 Å². The summed E-state index contributed by atoms with van der Waals surface area (Å²) in [6, 6.07) is 12.0. The lowest BCUT2D eigenvalue weighted by Gasteiger charge is -2.25. The van der Waals surface area contributed by atoms with Crippen LogP contribution in [0.15, 0.2) is 54.9 Å². The van der Waals surface area contributed by atoms with E-state index in [9.17, 15) is 31.1 Å². The Morgan fingerprint density at radius 2 is 1.87 bits per heavy atom. The van der Waals surface area contributed by atoms with Crippen molar-refractivity contribution < 1.29 is 42.0 Å². The van der Waals surface area contributed by atoms with Gasteiger partial charge in [-0.25, -0.2) is 27.2 Å². The van der Waals surface area contributed by atoms with Gasteiger partial charge >= 0.3 is 6.61 Å². The molecule has 3 aromatic rings. The van der Waals surface area contributed by atoms with Crippen LogP contribution in [0.2, 0.25) is 0 Å². The fraction of sp³-hybridized carbons (Fsp3) is 0.333. The van der Waals surface area contributed by atoms with Crippen LogP contribution in [0.3, 0.4) is 0 Å². The molecule has 16 heteroatoms. The molecule has 0 bridgehead atoms. The van der Waals surface area contributed by atoms with E-state index >= 15 is 0 Å². The van der Waals surface area contributed by atoms with Crippen LogP contribution < -0.4 is 14.8 Å². The highest BCUT2D eigenvalue weighted by molar-refractivity contribution is 5.97. The number of alkyl halides is 6. The molecule has 0 saturated heterocycles. The molecule has 1 fully saturated rings. The Bertz CT molecular complexity index is 1890. The number of nitrogens with one attached hydrogen (secondary N) is 1. The molecule has 0 radical (unpaired) electrons. The molecule has 7 rings (SSSR count). The number of hydrogen-bond donors (Lipinski definition) is 1. The minimum absolute atomic E-state index is 0. The zero-order valence-electron chi connectivity index (χ0n) is 24.0. The van der Waals surface area contributed by atoms with Crippen molar-refractivity contribution in [2.75, 3.05) is 6.61 Å². The fourth-order valence-electron chi connectivity index (χ4n) is 5.76. The van der Waals surface area contributed by atoms with Crippen molar-refractivity contribution >= 4 is 5.91 Å². The summed E-state index contributed by atoms with van der Waals surface area (Å²) in [6.45, 7) is -3.23. The number of ether oxygens (including phenoxy) is 2. The third-order valence-corrected chi connectivity index (χ3v) is 7.91. The van der Waals surface area contributed by atoms with Crippen molar-refractivity contribution in [2.45, 2.75) is 44.5 Å². The summed E-state index contributed by atoms with van der Waals surface area (Å²) in [7, 11) is 1.50. The van der Waals surface area contributed by atoms with Gasteiger partial charge in [0.1, 0.15) is 24.0 Å². The van der Waals surface area contributed by atoms with E-state index < -0.39 is 54.8 Å². The lowest BCUT2D eigenvalue weighted by Crippen LogP contribution is -2.46. The maximum absolute atomic E-state index is 14.7. The number of hydrogen-bond acceptors (Lipinski definition) is 6. The van der Waals surface area contributed by atoms with Gasteiger partial charge in [0.15, 0.2) is 0 Å². The highest BCUT2D eigenvalue weighted by Crippen LogP contribution is 2.51. The lowest BCUT2D eigenvalue weighted by atomic mass is 9.98. The second kappa shape index (κ2) is 11.1. The molecule has 1 amide bonds. The fourth-order valence-corrected chi connectivity index (χ4v) is 5.76. The molecule has 10 nitrogen and oxygen atoms in total. The van der Waals surface area contributed by atoms with E-state index in [0.29, 0.717) is 17.9 Å². The normalized spacial score (nSPS) is 18.5. The van der Waals surface area contributed by atoms with Gasteiger partial charge in [0.2, 0.25) is 17.7 Å². The van der Waals surface area contributed by atoms with Crippen LogP contribution in [0.1, 0.15) is 25.5 Å². The van der Waals surface area contributed by atoms with Crippen molar-refractivity contribution in [3.63, 3.8) is 0 Å². The monoisotopic (exact) mass is 647 g/mol. The van der Waals surface area contributed by atoms with Gasteiger partial charge in [0.25, 0.3) is 12.3 Å². The number of benzene rings is 1. The van der Waals surface area contributed by atoms with E-state index in [1.807, 2.05) is 30.3 Å². The summed E-state index contributed by atoms with van der Waals surface area (Å²) in [6.07, 6.45) is -0.507. The number of carbonyl (C=O) groups is 1. The van der Waals surface area contributed by atoms with Gasteiger partial charge in [-0.05, 0) is 17.7 Å². The summed E-state index contributed by atoms with van der Waals surface area (Å²) in [4.78, 5) is 17.1. The first-order valence-corrected chi connectivity index (χ1v) is 14.2. The number of fused-ring (bicyclic) bond motifs is 2. The highest BCUT2D eigenvalue weighted by Gasteiger charge is 2.61. The molecule has 2 atom stereocenters. The van der Waals surface area contributed by atoms with Gasteiger partial charge in [-0.3, -0.25) is 9.48 Å². The van der Waals surface area contributed by atoms with Crippen molar-refractivity contribution in [3.05, 3.63) is 66.1 Å². The molecule has 46 heavy (non-hydrogen) atoms. The van der Waals surface area contributed by atoms with Crippen LogP contribution in [0.4, 0.5) is 26.3 Å². The minimum Gasteiger partial charge on any atom is -0.475 e. The SMILES string of the molecule is Cn1cc(-c2c3cccn(Cc4ccccc4)c-3nc2-c2c(C(F)F)nn3c2OC[C@@H](NC(=O)[C@@H]2CC2(F)F)C3)c(OC(F)F)n1.[HH]. The summed E-state index contributed by atoms with van der Waals surface area (Å²) in [5.41, 5.74) is 0.704. The second-order valence-corrected chi connectivity index (χ2v) is 11.2. The van der Waals surface area contributed by atoms with Crippen molar-refractivity contribution in [1.82, 2.24) is 34.4 Å². The van der Waals surface area contributed by atoms with E-state index in [2.05, 4.69) is 15.5 Å². The summed E-state index contributed by atoms with van der Waals surface area (Å²) in [5, 5.41) is 10.6. The number of amides is 1. The van der Waals surface area contributed by atoms with Crippen molar-refractivity contribution in [2.24, 2.45) is 13.0 Å². The van der Waals surface area contributed by atoms with Crippen molar-refractivity contribution in [3.8, 4) is 45.5 Å². The first kappa shape index (κ1) is 29.7. The van der Waals surface area contributed by atoms with Gasteiger partial charge in [0, 0.05) is 45.0 Å². The standard InChI is InChI=1S/C30H25F6N7O3.H2/c1-41-13-18(27(40-41)46-29(33)34)20-17-8-5-9-42(11-15-6-3-2-4-7-15)25(17)38-22(20)21-23(24(31)32)39-43-12-16(14-45-28(21)43)37-26(44)19-10-30(19,35)36;/h2-9,13,16,19,24,29H,10-12,14H2,1H3,(H,37,44);1H/t16-,19-;/m0./s1. The van der Waals surface area contributed by atoms with E-state index in [-0.39, 0.29) is 42.8 Å². The predicted molar refractivity (Wildman–Crippen MR) is 152 cm³/mol. The summed E-state index contributed by atoms with van der Waals surface area (Å²) < 4.78 is 97.9. The van der Waals surface area contributed by atoms with Crippen LogP contribution in [0.25, 0.3) is 33.8 Å². The Labute approximate surface area is 258 Å². The molecule has 1 aliphatic carbocycles.